The van der Waals surface area contributed by atoms with Crippen molar-refractivity contribution in [1.82, 2.24) is 15.1 Å². The summed E-state index contributed by atoms with van der Waals surface area (Å²) in [6.07, 6.45) is 6.64. The van der Waals surface area contributed by atoms with Gasteiger partial charge < -0.3 is 10.4 Å². The van der Waals surface area contributed by atoms with Crippen LogP contribution in [0.25, 0.3) is 0 Å². The molecule has 6 nitrogen and oxygen atoms in total. The third kappa shape index (κ3) is 3.18. The highest BCUT2D eigenvalue weighted by Gasteiger charge is 2.24. The molecule has 1 aliphatic heterocycles. The molecule has 0 saturated carbocycles. The minimum atomic E-state index is -0.979. The number of rotatable bonds is 6. The molecule has 0 spiro atoms. The zero-order valence-electron chi connectivity index (χ0n) is 11.8. The topological polar surface area (TPSA) is 84.2 Å². The van der Waals surface area contributed by atoms with Gasteiger partial charge >= 0.3 is 5.97 Å². The maximum absolute atomic E-state index is 12.2. The SMILES string of the molecule is CCCC[C@H](NC(=O)c1cnn2c1CCCC2)C(=O)O. The van der Waals surface area contributed by atoms with E-state index in [0.29, 0.717) is 12.0 Å². The third-order valence-electron chi connectivity index (χ3n) is 3.68. The van der Waals surface area contributed by atoms with E-state index in [0.717, 1.165) is 44.3 Å². The molecule has 20 heavy (non-hydrogen) atoms. The summed E-state index contributed by atoms with van der Waals surface area (Å²) in [4.78, 5) is 23.4. The number of aromatic nitrogens is 2. The van der Waals surface area contributed by atoms with Gasteiger partial charge in [-0.15, -0.1) is 0 Å². The van der Waals surface area contributed by atoms with Crippen LogP contribution in [0.4, 0.5) is 0 Å². The van der Waals surface area contributed by atoms with Crippen molar-refractivity contribution in [1.29, 1.82) is 0 Å². The van der Waals surface area contributed by atoms with Crippen LogP contribution in [0, 0.1) is 0 Å². The molecule has 0 unspecified atom stereocenters. The van der Waals surface area contributed by atoms with E-state index in [1.54, 1.807) is 6.20 Å². The molecular weight excluding hydrogens is 258 g/mol. The van der Waals surface area contributed by atoms with Crippen LogP contribution in [0.15, 0.2) is 6.20 Å². The van der Waals surface area contributed by atoms with Crippen LogP contribution in [-0.2, 0) is 17.8 Å². The van der Waals surface area contributed by atoms with Crippen LogP contribution in [-0.4, -0.2) is 32.8 Å². The Labute approximate surface area is 118 Å². The van der Waals surface area contributed by atoms with Crippen LogP contribution >= 0.6 is 0 Å². The fraction of sp³-hybridized carbons (Fsp3) is 0.643. The summed E-state index contributed by atoms with van der Waals surface area (Å²) < 4.78 is 1.85. The molecule has 2 heterocycles. The number of carbonyl (C=O) groups is 2. The quantitative estimate of drug-likeness (QED) is 0.828. The van der Waals surface area contributed by atoms with E-state index in [4.69, 9.17) is 5.11 Å². The van der Waals surface area contributed by atoms with Crippen LogP contribution in [0.1, 0.15) is 55.1 Å². The van der Waals surface area contributed by atoms with Gasteiger partial charge in [0.15, 0.2) is 0 Å². The van der Waals surface area contributed by atoms with E-state index in [9.17, 15) is 9.59 Å². The molecule has 0 bridgehead atoms. The predicted octanol–water partition coefficient (Wildman–Crippen LogP) is 1.59. The van der Waals surface area contributed by atoms with Crippen molar-refractivity contribution in [3.05, 3.63) is 17.5 Å². The van der Waals surface area contributed by atoms with Gasteiger partial charge in [0.1, 0.15) is 6.04 Å². The molecule has 1 aromatic rings. The second-order valence-corrected chi connectivity index (χ2v) is 5.19. The van der Waals surface area contributed by atoms with Gasteiger partial charge in [0.2, 0.25) is 0 Å². The molecule has 2 N–H and O–H groups in total. The van der Waals surface area contributed by atoms with Gasteiger partial charge in [-0.2, -0.15) is 5.10 Å². The van der Waals surface area contributed by atoms with Crippen molar-refractivity contribution >= 4 is 11.9 Å². The number of carbonyl (C=O) groups excluding carboxylic acids is 1. The Bertz CT molecular complexity index is 496. The third-order valence-corrected chi connectivity index (χ3v) is 3.68. The molecule has 1 aromatic heterocycles. The molecule has 0 saturated heterocycles. The van der Waals surface area contributed by atoms with E-state index >= 15 is 0 Å². The number of fused-ring (bicyclic) bond motifs is 1. The Balaban J connectivity index is 2.06. The highest BCUT2D eigenvalue weighted by atomic mass is 16.4. The van der Waals surface area contributed by atoms with Crippen molar-refractivity contribution < 1.29 is 14.7 Å². The lowest BCUT2D eigenvalue weighted by Gasteiger charge is -2.16. The summed E-state index contributed by atoms with van der Waals surface area (Å²) in [5.41, 5.74) is 1.45. The molecule has 0 aliphatic carbocycles. The number of hydrogen-bond donors (Lipinski definition) is 2. The Hall–Kier alpha value is -1.85. The number of carboxylic acids is 1. The Kier molecular flexibility index (Phi) is 4.76. The molecule has 1 aliphatic rings. The number of hydrogen-bond acceptors (Lipinski definition) is 3. The highest BCUT2D eigenvalue weighted by Crippen LogP contribution is 2.18. The minimum absolute atomic E-state index is 0.323. The highest BCUT2D eigenvalue weighted by molar-refractivity contribution is 5.97. The Morgan fingerprint density at radius 2 is 2.30 bits per heavy atom. The summed E-state index contributed by atoms with van der Waals surface area (Å²) in [6.45, 7) is 2.83. The normalized spacial score (nSPS) is 15.4. The molecule has 0 radical (unpaired) electrons. The average molecular weight is 279 g/mol. The minimum Gasteiger partial charge on any atom is -0.480 e. The lowest BCUT2D eigenvalue weighted by atomic mass is 10.1. The van der Waals surface area contributed by atoms with Crippen molar-refractivity contribution in [3.63, 3.8) is 0 Å². The van der Waals surface area contributed by atoms with Gasteiger partial charge in [0, 0.05) is 6.54 Å². The molecule has 2 rings (SSSR count). The summed E-state index contributed by atoms with van der Waals surface area (Å²) in [6, 6.07) is -0.818. The molecule has 0 aromatic carbocycles. The van der Waals surface area contributed by atoms with Gasteiger partial charge in [-0.25, -0.2) is 4.79 Å². The number of unbranched alkanes of at least 4 members (excludes halogenated alkanes) is 1. The van der Waals surface area contributed by atoms with Crippen LogP contribution in [0.2, 0.25) is 0 Å². The van der Waals surface area contributed by atoms with Crippen molar-refractivity contribution in [3.8, 4) is 0 Å². The molecule has 0 fully saturated rings. The summed E-state index contributed by atoms with van der Waals surface area (Å²) >= 11 is 0. The van der Waals surface area contributed by atoms with Crippen molar-refractivity contribution in [2.24, 2.45) is 0 Å². The summed E-state index contributed by atoms with van der Waals surface area (Å²) in [5.74, 6) is -1.30. The zero-order chi connectivity index (χ0) is 14.5. The second-order valence-electron chi connectivity index (χ2n) is 5.19. The standard InChI is InChI=1S/C14H21N3O3/c1-2-3-6-11(14(19)20)16-13(18)10-9-15-17-8-5-4-7-12(10)17/h9,11H,2-8H2,1H3,(H,16,18)(H,19,20)/t11-/m0/s1. The molecule has 1 atom stereocenters. The summed E-state index contributed by atoms with van der Waals surface area (Å²) in [5, 5.41) is 16.0. The Morgan fingerprint density at radius 1 is 1.50 bits per heavy atom. The lowest BCUT2D eigenvalue weighted by Crippen LogP contribution is -2.41. The number of carboxylic acid groups (broad SMARTS) is 1. The van der Waals surface area contributed by atoms with Crippen LogP contribution < -0.4 is 5.32 Å². The molecule has 110 valence electrons. The van der Waals surface area contributed by atoms with E-state index in [1.165, 1.54) is 0 Å². The van der Waals surface area contributed by atoms with E-state index in [1.807, 2.05) is 11.6 Å². The predicted molar refractivity (Wildman–Crippen MR) is 73.6 cm³/mol. The molecule has 6 heteroatoms. The number of nitrogens with zero attached hydrogens (tertiary/aromatic N) is 2. The first-order valence-electron chi connectivity index (χ1n) is 7.21. The number of aryl methyl sites for hydroxylation is 1. The lowest BCUT2D eigenvalue weighted by molar-refractivity contribution is -0.139. The van der Waals surface area contributed by atoms with Gasteiger partial charge in [0.05, 0.1) is 17.5 Å². The zero-order valence-corrected chi connectivity index (χ0v) is 11.8. The first-order valence-corrected chi connectivity index (χ1v) is 7.21. The van der Waals surface area contributed by atoms with Gasteiger partial charge in [-0.1, -0.05) is 19.8 Å². The fourth-order valence-corrected chi connectivity index (χ4v) is 2.51. The van der Waals surface area contributed by atoms with Gasteiger partial charge in [-0.3, -0.25) is 9.48 Å². The number of nitrogens with one attached hydrogen (secondary N) is 1. The average Bonchev–Trinajstić information content (AvgIpc) is 2.87. The maximum atomic E-state index is 12.2. The van der Waals surface area contributed by atoms with Gasteiger partial charge in [-0.05, 0) is 25.7 Å². The largest absolute Gasteiger partial charge is 0.480 e. The first kappa shape index (κ1) is 14.6. The Morgan fingerprint density at radius 3 is 3.00 bits per heavy atom. The van der Waals surface area contributed by atoms with E-state index in [-0.39, 0.29) is 5.91 Å². The molecule has 1 amide bonds. The molecular formula is C14H21N3O3. The second kappa shape index (κ2) is 6.54. The monoisotopic (exact) mass is 279 g/mol. The van der Waals surface area contributed by atoms with Crippen molar-refractivity contribution in [2.45, 2.75) is 58.0 Å². The number of aliphatic carboxylic acids is 1. The summed E-state index contributed by atoms with van der Waals surface area (Å²) in [7, 11) is 0. The van der Waals surface area contributed by atoms with E-state index in [2.05, 4.69) is 10.4 Å². The first-order chi connectivity index (χ1) is 9.63. The van der Waals surface area contributed by atoms with Crippen LogP contribution in [0.5, 0.6) is 0 Å². The van der Waals surface area contributed by atoms with Crippen LogP contribution in [0.3, 0.4) is 0 Å². The van der Waals surface area contributed by atoms with Gasteiger partial charge in [0.25, 0.3) is 5.91 Å². The van der Waals surface area contributed by atoms with E-state index < -0.39 is 12.0 Å². The fourth-order valence-electron chi connectivity index (χ4n) is 2.51. The number of amides is 1. The maximum Gasteiger partial charge on any atom is 0.326 e. The van der Waals surface area contributed by atoms with Crippen molar-refractivity contribution in [2.75, 3.05) is 0 Å². The smallest absolute Gasteiger partial charge is 0.326 e.